The lowest BCUT2D eigenvalue weighted by atomic mass is 9.86. The number of amides is 1. The first-order valence-electron chi connectivity index (χ1n) is 11.3. The largest absolute Gasteiger partial charge is 0.386 e. The molecule has 1 amide bonds. The Hall–Kier alpha value is -2.68. The number of pyridine rings is 1. The average Bonchev–Trinajstić information content (AvgIpc) is 2.72. The minimum atomic E-state index is -4.00. The number of morpholine rings is 1. The van der Waals surface area contributed by atoms with Crippen molar-refractivity contribution < 1.29 is 27.1 Å². The van der Waals surface area contributed by atoms with Crippen LogP contribution in [0, 0.1) is 13.8 Å². The van der Waals surface area contributed by atoms with Crippen LogP contribution in [0.3, 0.4) is 0 Å². The molecule has 1 aliphatic rings. The monoisotopic (exact) mass is 483 g/mol. The van der Waals surface area contributed by atoms with Gasteiger partial charge in [-0.15, -0.1) is 0 Å². The molecule has 9 heteroatoms. The van der Waals surface area contributed by atoms with Crippen LogP contribution < -0.4 is 10.2 Å². The van der Waals surface area contributed by atoms with Gasteiger partial charge in [0.15, 0.2) is 0 Å². The normalized spacial score (nSPS) is 15.7. The molecule has 0 aliphatic carbocycles. The number of anilines is 2. The molecule has 5 nitrogen and oxygen atoms in total. The van der Waals surface area contributed by atoms with Crippen molar-refractivity contribution in [2.75, 3.05) is 36.5 Å². The standard InChI is InChI=1S/C23H30FN3O2.C2H3F3/c1-5-9-23(4,24)19-6-7-20(27-11-13-29-14-12-27)21(17(19)3)22(28)26-18-8-10-25-16(2)15-18;1-2(3,4)5/h6-8,10,15H,5,9,11-14H2,1-4H3,(H,25,26,28);1H3. The topological polar surface area (TPSA) is 54.5 Å². The van der Waals surface area contributed by atoms with Crippen molar-refractivity contribution >= 4 is 17.3 Å². The van der Waals surface area contributed by atoms with Gasteiger partial charge in [-0.2, -0.15) is 13.2 Å². The Morgan fingerprint density at radius 1 is 1.12 bits per heavy atom. The molecule has 1 unspecified atom stereocenters. The average molecular weight is 484 g/mol. The molecule has 1 saturated heterocycles. The second-order valence-corrected chi connectivity index (χ2v) is 8.60. The van der Waals surface area contributed by atoms with E-state index >= 15 is 4.39 Å². The maximum absolute atomic E-state index is 15.4. The van der Waals surface area contributed by atoms with Gasteiger partial charge in [0.2, 0.25) is 0 Å². The number of hydrogen-bond donors (Lipinski definition) is 1. The number of halogens is 4. The highest BCUT2D eigenvalue weighted by molar-refractivity contribution is 6.09. The Balaban J connectivity index is 0.000000739. The van der Waals surface area contributed by atoms with Crippen molar-refractivity contribution in [2.24, 2.45) is 0 Å². The number of ether oxygens (including phenoxy) is 1. The maximum atomic E-state index is 15.4. The Labute approximate surface area is 198 Å². The molecule has 1 aromatic carbocycles. The fraction of sp³-hybridized carbons (Fsp3) is 0.520. The molecule has 1 fully saturated rings. The van der Waals surface area contributed by atoms with E-state index in [1.54, 1.807) is 19.2 Å². The fourth-order valence-corrected chi connectivity index (χ4v) is 4.04. The van der Waals surface area contributed by atoms with Gasteiger partial charge in [0.05, 0.1) is 18.8 Å². The minimum Gasteiger partial charge on any atom is -0.378 e. The van der Waals surface area contributed by atoms with Crippen LogP contribution in [0.1, 0.15) is 60.8 Å². The molecule has 2 aromatic rings. The smallest absolute Gasteiger partial charge is 0.378 e. The lowest BCUT2D eigenvalue weighted by Gasteiger charge is -2.32. The number of nitrogens with one attached hydrogen (secondary N) is 1. The van der Waals surface area contributed by atoms with Gasteiger partial charge in [-0.25, -0.2) is 4.39 Å². The number of aryl methyl sites for hydroxylation is 1. The van der Waals surface area contributed by atoms with E-state index in [0.29, 0.717) is 55.1 Å². The molecular formula is C25H33F4N3O2. The number of benzene rings is 1. The van der Waals surface area contributed by atoms with Crippen molar-refractivity contribution in [3.05, 3.63) is 52.8 Å². The third-order valence-corrected chi connectivity index (χ3v) is 5.46. The third kappa shape index (κ3) is 7.97. The van der Waals surface area contributed by atoms with E-state index < -0.39 is 11.8 Å². The van der Waals surface area contributed by atoms with Gasteiger partial charge >= 0.3 is 6.18 Å². The predicted octanol–water partition coefficient (Wildman–Crippen LogP) is 6.34. The first-order valence-corrected chi connectivity index (χ1v) is 11.3. The molecule has 1 aromatic heterocycles. The number of alkyl halides is 4. The quantitative estimate of drug-likeness (QED) is 0.487. The van der Waals surface area contributed by atoms with Crippen molar-refractivity contribution in [3.8, 4) is 0 Å². The summed E-state index contributed by atoms with van der Waals surface area (Å²) in [5.41, 5.74) is 2.63. The molecule has 0 radical (unpaired) electrons. The van der Waals surface area contributed by atoms with E-state index in [9.17, 15) is 18.0 Å². The predicted molar refractivity (Wildman–Crippen MR) is 126 cm³/mol. The van der Waals surface area contributed by atoms with E-state index in [1.807, 2.05) is 39.0 Å². The Bertz CT molecular complexity index is 965. The zero-order valence-corrected chi connectivity index (χ0v) is 20.4. The van der Waals surface area contributed by atoms with E-state index in [0.717, 1.165) is 17.8 Å². The third-order valence-electron chi connectivity index (χ3n) is 5.46. The van der Waals surface area contributed by atoms with Crippen molar-refractivity contribution in [1.29, 1.82) is 0 Å². The van der Waals surface area contributed by atoms with E-state index in [4.69, 9.17) is 4.74 Å². The van der Waals surface area contributed by atoms with E-state index in [2.05, 4.69) is 15.2 Å². The first kappa shape index (κ1) is 27.6. The molecule has 188 valence electrons. The van der Waals surface area contributed by atoms with Crippen LogP contribution in [0.25, 0.3) is 0 Å². The minimum absolute atomic E-state index is 0.188. The highest BCUT2D eigenvalue weighted by Crippen LogP contribution is 2.37. The molecule has 1 N–H and O–H groups in total. The molecule has 0 saturated carbocycles. The van der Waals surface area contributed by atoms with Crippen LogP contribution in [0.5, 0.6) is 0 Å². The van der Waals surface area contributed by atoms with Crippen molar-refractivity contribution in [2.45, 2.75) is 59.3 Å². The summed E-state index contributed by atoms with van der Waals surface area (Å²) in [6, 6.07) is 7.30. The van der Waals surface area contributed by atoms with Gasteiger partial charge in [-0.1, -0.05) is 19.4 Å². The summed E-state index contributed by atoms with van der Waals surface area (Å²) in [5.74, 6) is -0.233. The number of carbonyl (C=O) groups excluding carboxylic acids is 1. The Morgan fingerprint density at radius 2 is 1.74 bits per heavy atom. The second-order valence-electron chi connectivity index (χ2n) is 8.60. The Kier molecular flexibility index (Phi) is 9.44. The first-order chi connectivity index (χ1) is 15.8. The second kappa shape index (κ2) is 11.6. The lowest BCUT2D eigenvalue weighted by Crippen LogP contribution is -2.38. The van der Waals surface area contributed by atoms with Crippen LogP contribution >= 0.6 is 0 Å². The van der Waals surface area contributed by atoms with Crippen LogP contribution in [-0.2, 0) is 10.4 Å². The molecule has 0 spiro atoms. The summed E-state index contributed by atoms with van der Waals surface area (Å²) < 4.78 is 51.9. The van der Waals surface area contributed by atoms with Crippen LogP contribution in [-0.4, -0.2) is 43.4 Å². The molecular weight excluding hydrogens is 450 g/mol. The van der Waals surface area contributed by atoms with Gasteiger partial charge < -0.3 is 15.0 Å². The van der Waals surface area contributed by atoms with Crippen LogP contribution in [0.4, 0.5) is 28.9 Å². The highest BCUT2D eigenvalue weighted by atomic mass is 19.4. The number of carbonyl (C=O) groups is 1. The molecule has 3 rings (SSSR count). The number of nitrogens with zero attached hydrogens (tertiary/aromatic N) is 2. The number of hydrogen-bond acceptors (Lipinski definition) is 4. The molecule has 1 aliphatic heterocycles. The van der Waals surface area contributed by atoms with Crippen LogP contribution in [0.2, 0.25) is 0 Å². The van der Waals surface area contributed by atoms with Crippen molar-refractivity contribution in [1.82, 2.24) is 4.98 Å². The van der Waals surface area contributed by atoms with E-state index in [1.165, 1.54) is 0 Å². The molecule has 34 heavy (non-hydrogen) atoms. The summed E-state index contributed by atoms with van der Waals surface area (Å²) in [6.07, 6.45) is -1.19. The summed E-state index contributed by atoms with van der Waals surface area (Å²) in [4.78, 5) is 19.6. The lowest BCUT2D eigenvalue weighted by molar-refractivity contribution is -0.110. The van der Waals surface area contributed by atoms with Gasteiger partial charge in [-0.05, 0) is 56.5 Å². The molecule has 2 heterocycles. The number of rotatable bonds is 6. The van der Waals surface area contributed by atoms with Gasteiger partial charge in [-0.3, -0.25) is 9.78 Å². The number of aromatic nitrogens is 1. The zero-order valence-electron chi connectivity index (χ0n) is 20.4. The van der Waals surface area contributed by atoms with E-state index in [-0.39, 0.29) is 12.8 Å². The summed E-state index contributed by atoms with van der Waals surface area (Å²) in [5, 5.41) is 2.97. The summed E-state index contributed by atoms with van der Waals surface area (Å²) in [7, 11) is 0. The highest BCUT2D eigenvalue weighted by Gasteiger charge is 2.31. The maximum Gasteiger partial charge on any atom is 0.386 e. The van der Waals surface area contributed by atoms with Gasteiger partial charge in [0, 0.05) is 43.3 Å². The summed E-state index contributed by atoms with van der Waals surface area (Å²) in [6.45, 7) is 10.1. The van der Waals surface area contributed by atoms with Crippen molar-refractivity contribution in [3.63, 3.8) is 0 Å². The fourth-order valence-electron chi connectivity index (χ4n) is 4.04. The van der Waals surface area contributed by atoms with Gasteiger partial charge in [0.25, 0.3) is 5.91 Å². The molecule has 0 bridgehead atoms. The Morgan fingerprint density at radius 3 is 2.29 bits per heavy atom. The summed E-state index contributed by atoms with van der Waals surface area (Å²) >= 11 is 0. The SMILES string of the molecule is CC(F)(F)F.CCCC(C)(F)c1ccc(N2CCOCC2)c(C(=O)Nc2ccnc(C)c2)c1C. The molecule has 1 atom stereocenters. The zero-order chi connectivity index (χ0) is 25.5. The van der Waals surface area contributed by atoms with Gasteiger partial charge in [0.1, 0.15) is 5.67 Å². The van der Waals surface area contributed by atoms with Crippen LogP contribution in [0.15, 0.2) is 30.5 Å².